The van der Waals surface area contributed by atoms with Crippen LogP contribution in [0.15, 0.2) is 48.5 Å². The summed E-state index contributed by atoms with van der Waals surface area (Å²) in [7, 11) is 0. The molecule has 0 saturated carbocycles. The minimum Gasteiger partial charge on any atom is -0.489 e. The van der Waals surface area contributed by atoms with Crippen molar-refractivity contribution >= 4 is 11.4 Å². The fraction of sp³-hybridized carbons (Fsp3) is 0.368. The molecular weight excluding hydrogens is 291 g/mol. The lowest BCUT2D eigenvalue weighted by Crippen LogP contribution is -2.30. The SMILES string of the molecule is Fc1ccccc1OCCNc1ccccc1N1CCCCC1. The number of rotatable bonds is 6. The van der Waals surface area contributed by atoms with Gasteiger partial charge in [0, 0.05) is 19.6 Å². The fourth-order valence-corrected chi connectivity index (χ4v) is 2.94. The van der Waals surface area contributed by atoms with Gasteiger partial charge in [-0.15, -0.1) is 0 Å². The van der Waals surface area contributed by atoms with Crippen LogP contribution in [-0.4, -0.2) is 26.2 Å². The molecule has 1 fully saturated rings. The Hall–Kier alpha value is -2.23. The Balaban J connectivity index is 1.55. The summed E-state index contributed by atoms with van der Waals surface area (Å²) >= 11 is 0. The molecule has 0 unspecified atom stereocenters. The number of halogens is 1. The Morgan fingerprint density at radius 1 is 0.957 bits per heavy atom. The first kappa shape index (κ1) is 15.7. The zero-order valence-electron chi connectivity index (χ0n) is 13.3. The van der Waals surface area contributed by atoms with E-state index >= 15 is 0 Å². The predicted octanol–water partition coefficient (Wildman–Crippen LogP) is 4.31. The van der Waals surface area contributed by atoms with E-state index in [1.807, 2.05) is 6.07 Å². The largest absolute Gasteiger partial charge is 0.489 e. The Bertz CT molecular complexity index is 626. The standard InChI is InChI=1S/C19H23FN2O/c20-16-8-2-5-11-19(16)23-15-12-21-17-9-3-4-10-18(17)22-13-6-1-7-14-22/h2-5,8-11,21H,1,6-7,12-15H2. The van der Waals surface area contributed by atoms with E-state index in [0.29, 0.717) is 18.9 Å². The average Bonchev–Trinajstić information content (AvgIpc) is 2.61. The number of ether oxygens (including phenoxy) is 1. The highest BCUT2D eigenvalue weighted by molar-refractivity contribution is 5.70. The van der Waals surface area contributed by atoms with Crippen LogP contribution in [0.1, 0.15) is 19.3 Å². The van der Waals surface area contributed by atoms with Gasteiger partial charge in [-0.3, -0.25) is 0 Å². The van der Waals surface area contributed by atoms with Gasteiger partial charge in [-0.05, 0) is 43.5 Å². The van der Waals surface area contributed by atoms with Crippen LogP contribution in [0.4, 0.5) is 15.8 Å². The lowest BCUT2D eigenvalue weighted by Gasteiger charge is -2.30. The molecule has 0 aliphatic carbocycles. The molecular formula is C19H23FN2O. The van der Waals surface area contributed by atoms with Gasteiger partial charge in [0.15, 0.2) is 11.6 Å². The monoisotopic (exact) mass is 314 g/mol. The van der Waals surface area contributed by atoms with Gasteiger partial charge in [-0.1, -0.05) is 24.3 Å². The zero-order valence-corrected chi connectivity index (χ0v) is 13.3. The van der Waals surface area contributed by atoms with E-state index in [4.69, 9.17) is 4.74 Å². The van der Waals surface area contributed by atoms with Crippen LogP contribution in [0.25, 0.3) is 0 Å². The quantitative estimate of drug-likeness (QED) is 0.804. The number of piperidine rings is 1. The number of nitrogens with one attached hydrogen (secondary N) is 1. The summed E-state index contributed by atoms with van der Waals surface area (Å²) in [6.07, 6.45) is 3.83. The summed E-state index contributed by atoms with van der Waals surface area (Å²) in [6.45, 7) is 3.29. The summed E-state index contributed by atoms with van der Waals surface area (Å²) in [6, 6.07) is 14.9. The van der Waals surface area contributed by atoms with Gasteiger partial charge in [0.05, 0.1) is 11.4 Å². The Kier molecular flexibility index (Phi) is 5.35. The first-order valence-corrected chi connectivity index (χ1v) is 8.30. The van der Waals surface area contributed by atoms with Crippen LogP contribution in [0.2, 0.25) is 0 Å². The maximum Gasteiger partial charge on any atom is 0.165 e. The Morgan fingerprint density at radius 2 is 1.70 bits per heavy atom. The molecule has 3 rings (SSSR count). The highest BCUT2D eigenvalue weighted by atomic mass is 19.1. The number of hydrogen-bond donors (Lipinski definition) is 1. The minimum atomic E-state index is -0.318. The first-order valence-electron chi connectivity index (χ1n) is 8.30. The van der Waals surface area contributed by atoms with Crippen LogP contribution in [0.3, 0.4) is 0 Å². The molecule has 2 aromatic rings. The molecule has 2 aromatic carbocycles. The smallest absolute Gasteiger partial charge is 0.165 e. The van der Waals surface area contributed by atoms with Crippen molar-refractivity contribution in [1.29, 1.82) is 0 Å². The van der Waals surface area contributed by atoms with Crippen molar-refractivity contribution in [2.24, 2.45) is 0 Å². The molecule has 122 valence electrons. The van der Waals surface area contributed by atoms with Gasteiger partial charge < -0.3 is 15.0 Å². The second kappa shape index (κ2) is 7.86. The second-order valence-corrected chi connectivity index (χ2v) is 5.77. The minimum absolute atomic E-state index is 0.304. The van der Waals surface area contributed by atoms with E-state index in [0.717, 1.165) is 18.8 Å². The molecule has 0 aromatic heterocycles. The molecule has 0 bridgehead atoms. The van der Waals surface area contributed by atoms with Crippen LogP contribution >= 0.6 is 0 Å². The molecule has 1 N–H and O–H groups in total. The highest BCUT2D eigenvalue weighted by Crippen LogP contribution is 2.28. The Morgan fingerprint density at radius 3 is 2.52 bits per heavy atom. The van der Waals surface area contributed by atoms with E-state index in [2.05, 4.69) is 28.4 Å². The van der Waals surface area contributed by atoms with Crippen molar-refractivity contribution in [2.75, 3.05) is 36.5 Å². The molecule has 0 amide bonds. The number of hydrogen-bond acceptors (Lipinski definition) is 3. The second-order valence-electron chi connectivity index (χ2n) is 5.77. The van der Waals surface area contributed by atoms with Gasteiger partial charge >= 0.3 is 0 Å². The maximum absolute atomic E-state index is 13.5. The van der Waals surface area contributed by atoms with Gasteiger partial charge in [-0.25, -0.2) is 4.39 Å². The van der Waals surface area contributed by atoms with E-state index in [-0.39, 0.29) is 5.82 Å². The molecule has 1 aliphatic rings. The Labute approximate surface area is 137 Å². The third kappa shape index (κ3) is 4.15. The van der Waals surface area contributed by atoms with Crippen molar-refractivity contribution in [3.8, 4) is 5.75 Å². The van der Waals surface area contributed by atoms with Crippen molar-refractivity contribution in [1.82, 2.24) is 0 Å². The normalized spacial score (nSPS) is 14.6. The average molecular weight is 314 g/mol. The summed E-state index contributed by atoms with van der Waals surface area (Å²) < 4.78 is 19.0. The summed E-state index contributed by atoms with van der Waals surface area (Å²) in [5.41, 5.74) is 2.37. The van der Waals surface area contributed by atoms with Gasteiger partial charge in [0.1, 0.15) is 6.61 Å². The van der Waals surface area contributed by atoms with Crippen molar-refractivity contribution in [3.63, 3.8) is 0 Å². The van der Waals surface area contributed by atoms with Gasteiger partial charge in [0.2, 0.25) is 0 Å². The number of nitrogens with zero attached hydrogens (tertiary/aromatic N) is 1. The molecule has 0 radical (unpaired) electrons. The molecule has 1 saturated heterocycles. The lowest BCUT2D eigenvalue weighted by atomic mass is 10.1. The predicted molar refractivity (Wildman–Crippen MR) is 92.9 cm³/mol. The van der Waals surface area contributed by atoms with Crippen molar-refractivity contribution in [2.45, 2.75) is 19.3 Å². The number of benzene rings is 2. The fourth-order valence-electron chi connectivity index (χ4n) is 2.94. The van der Waals surface area contributed by atoms with Gasteiger partial charge in [-0.2, -0.15) is 0 Å². The number of anilines is 2. The first-order chi connectivity index (χ1) is 11.3. The van der Waals surface area contributed by atoms with Crippen LogP contribution < -0.4 is 15.0 Å². The third-order valence-corrected chi connectivity index (χ3v) is 4.11. The van der Waals surface area contributed by atoms with E-state index < -0.39 is 0 Å². The van der Waals surface area contributed by atoms with Crippen LogP contribution in [-0.2, 0) is 0 Å². The maximum atomic E-state index is 13.5. The summed E-state index contributed by atoms with van der Waals surface area (Å²) in [4.78, 5) is 2.43. The summed E-state index contributed by atoms with van der Waals surface area (Å²) in [5.74, 6) is -0.0140. The van der Waals surface area contributed by atoms with E-state index in [1.165, 1.54) is 31.0 Å². The van der Waals surface area contributed by atoms with Crippen molar-refractivity contribution in [3.05, 3.63) is 54.3 Å². The zero-order chi connectivity index (χ0) is 15.9. The van der Waals surface area contributed by atoms with Gasteiger partial charge in [0.25, 0.3) is 0 Å². The van der Waals surface area contributed by atoms with E-state index in [9.17, 15) is 4.39 Å². The van der Waals surface area contributed by atoms with Crippen molar-refractivity contribution < 1.29 is 9.13 Å². The molecule has 0 spiro atoms. The summed E-state index contributed by atoms with van der Waals surface area (Å²) in [5, 5.41) is 3.41. The lowest BCUT2D eigenvalue weighted by molar-refractivity contribution is 0.315. The molecule has 0 atom stereocenters. The molecule has 3 nitrogen and oxygen atoms in total. The highest BCUT2D eigenvalue weighted by Gasteiger charge is 2.13. The van der Waals surface area contributed by atoms with Crippen LogP contribution in [0, 0.1) is 5.82 Å². The molecule has 1 heterocycles. The third-order valence-electron chi connectivity index (χ3n) is 4.11. The van der Waals surface area contributed by atoms with E-state index in [1.54, 1.807) is 18.2 Å². The topological polar surface area (TPSA) is 24.5 Å². The molecule has 4 heteroatoms. The molecule has 1 aliphatic heterocycles. The number of para-hydroxylation sites is 3. The molecule has 23 heavy (non-hydrogen) atoms. The van der Waals surface area contributed by atoms with Crippen LogP contribution in [0.5, 0.6) is 5.75 Å².